The van der Waals surface area contributed by atoms with Gasteiger partial charge in [-0.2, -0.15) is 0 Å². The Morgan fingerprint density at radius 3 is 2.40 bits per heavy atom. The molecule has 0 fully saturated rings. The zero-order valence-electron chi connectivity index (χ0n) is 8.51. The third-order valence-electron chi connectivity index (χ3n) is 1.69. The molecule has 0 rings (SSSR count). The second-order valence-electron chi connectivity index (χ2n) is 3.08. The maximum Gasteiger partial charge on any atom is 0.321 e. The van der Waals surface area contributed by atoms with Crippen molar-refractivity contribution in [1.82, 2.24) is 5.09 Å². The highest BCUT2D eigenvalue weighted by atomic mass is 31.2. The Morgan fingerprint density at radius 2 is 2.00 bits per heavy atom. The Balaban J connectivity index is 4.04. The van der Waals surface area contributed by atoms with Crippen LogP contribution in [0.15, 0.2) is 0 Å². The van der Waals surface area contributed by atoms with Gasteiger partial charge in [0.2, 0.25) is 0 Å². The molecule has 6 nitrogen and oxygen atoms in total. The molecule has 0 aromatic heterocycles. The summed E-state index contributed by atoms with van der Waals surface area (Å²) >= 11 is 0. The topological polar surface area (TPSA) is 107 Å². The summed E-state index contributed by atoms with van der Waals surface area (Å²) in [4.78, 5) is 30.3. The van der Waals surface area contributed by atoms with Gasteiger partial charge in [-0.25, -0.2) is 0 Å². The van der Waals surface area contributed by atoms with Crippen LogP contribution in [-0.2, 0) is 9.59 Å². The maximum atomic E-state index is 10.7. The van der Waals surface area contributed by atoms with Gasteiger partial charge in [-0.3, -0.25) is 14.7 Å². The van der Waals surface area contributed by atoms with Crippen molar-refractivity contribution < 1.29 is 24.7 Å². The quantitative estimate of drug-likeness (QED) is 0.461. The Hall–Kier alpha value is -0.710. The monoisotopic (exact) mass is 237 g/mol. The van der Waals surface area contributed by atoms with Crippen LogP contribution in [0.2, 0.25) is 0 Å². The molecule has 0 aliphatic carbocycles. The van der Waals surface area contributed by atoms with Gasteiger partial charge in [-0.05, 0) is 12.8 Å². The summed E-state index contributed by atoms with van der Waals surface area (Å²) in [5, 5.41) is 19.7. The summed E-state index contributed by atoms with van der Waals surface area (Å²) in [7, 11) is -1.51. The number of carboxylic acids is 2. The first-order valence-electron chi connectivity index (χ1n) is 4.64. The van der Waals surface area contributed by atoms with E-state index in [1.54, 1.807) is 0 Å². The minimum Gasteiger partial charge on any atom is -0.481 e. The van der Waals surface area contributed by atoms with Gasteiger partial charge in [0, 0.05) is 12.6 Å². The molecule has 4 N–H and O–H groups in total. The van der Waals surface area contributed by atoms with E-state index in [-0.39, 0.29) is 12.8 Å². The van der Waals surface area contributed by atoms with Crippen molar-refractivity contribution in [3.63, 3.8) is 0 Å². The van der Waals surface area contributed by atoms with Crippen LogP contribution in [0.1, 0.15) is 26.2 Å². The van der Waals surface area contributed by atoms with Crippen molar-refractivity contribution in [2.75, 3.05) is 6.16 Å². The van der Waals surface area contributed by atoms with E-state index in [2.05, 4.69) is 5.09 Å². The normalized spacial score (nSPS) is 14.5. The van der Waals surface area contributed by atoms with E-state index in [9.17, 15) is 14.5 Å². The van der Waals surface area contributed by atoms with E-state index in [0.717, 1.165) is 6.42 Å². The van der Waals surface area contributed by atoms with Crippen LogP contribution in [0.25, 0.3) is 0 Å². The summed E-state index contributed by atoms with van der Waals surface area (Å²) < 4.78 is 0. The lowest BCUT2D eigenvalue weighted by atomic mass is 10.2. The maximum absolute atomic E-state index is 10.7. The van der Waals surface area contributed by atoms with Crippen LogP contribution in [0.5, 0.6) is 0 Å². The number of nitrogens with one attached hydrogen (secondary N) is 1. The van der Waals surface area contributed by atoms with Gasteiger partial charge in [0.25, 0.3) is 0 Å². The Bertz CT molecular complexity index is 223. The van der Waals surface area contributed by atoms with Crippen LogP contribution >= 0.6 is 8.30 Å². The highest BCUT2D eigenvalue weighted by Gasteiger charge is 2.20. The van der Waals surface area contributed by atoms with E-state index < -0.39 is 26.3 Å². The largest absolute Gasteiger partial charge is 0.481 e. The molecule has 0 aromatic carbocycles. The predicted molar refractivity (Wildman–Crippen MR) is 55.7 cm³/mol. The number of rotatable bonds is 8. The number of aliphatic carboxylic acids is 2. The van der Waals surface area contributed by atoms with Crippen molar-refractivity contribution >= 4 is 20.2 Å². The molecule has 2 atom stereocenters. The average molecular weight is 237 g/mol. The zero-order valence-corrected chi connectivity index (χ0v) is 9.41. The first kappa shape index (κ1) is 14.3. The molecule has 15 heavy (non-hydrogen) atoms. The zero-order chi connectivity index (χ0) is 11.8. The third kappa shape index (κ3) is 7.25. The molecule has 0 spiro atoms. The molecule has 0 aliphatic heterocycles. The summed E-state index contributed by atoms with van der Waals surface area (Å²) in [5.41, 5.74) is 0. The molecule has 0 bridgehead atoms. The molecular weight excluding hydrogens is 221 g/mol. The van der Waals surface area contributed by atoms with E-state index in [1.165, 1.54) is 0 Å². The van der Waals surface area contributed by atoms with Gasteiger partial charge < -0.3 is 15.1 Å². The van der Waals surface area contributed by atoms with Gasteiger partial charge in [-0.1, -0.05) is 6.92 Å². The van der Waals surface area contributed by atoms with Crippen molar-refractivity contribution in [2.24, 2.45) is 0 Å². The minimum absolute atomic E-state index is 0.0201. The lowest BCUT2D eigenvalue weighted by molar-refractivity contribution is -0.140. The lowest BCUT2D eigenvalue weighted by Crippen LogP contribution is -2.34. The molecule has 0 saturated carbocycles. The van der Waals surface area contributed by atoms with Gasteiger partial charge in [0.1, 0.15) is 6.04 Å². The van der Waals surface area contributed by atoms with Gasteiger partial charge in [0.15, 0.2) is 0 Å². The van der Waals surface area contributed by atoms with E-state index in [4.69, 9.17) is 10.2 Å². The van der Waals surface area contributed by atoms with Crippen LogP contribution in [-0.4, -0.2) is 39.2 Å². The summed E-state index contributed by atoms with van der Waals surface area (Å²) in [6.07, 6.45) is 1.01. The molecule has 88 valence electrons. The summed E-state index contributed by atoms with van der Waals surface area (Å²) in [6, 6.07) is -0.983. The Labute approximate surface area is 89.2 Å². The highest BCUT2D eigenvalue weighted by Crippen LogP contribution is 2.26. The fraction of sp³-hybridized carbons (Fsp3) is 0.750. The molecule has 0 radical (unpaired) electrons. The van der Waals surface area contributed by atoms with Crippen LogP contribution in [0, 0.1) is 0 Å². The SMILES string of the molecule is CCCP(O)NC(CCC(=O)O)C(=O)O. The second kappa shape index (κ2) is 7.56. The predicted octanol–water partition coefficient (Wildman–Crippen LogP) is 0.608. The fourth-order valence-electron chi connectivity index (χ4n) is 0.967. The second-order valence-corrected chi connectivity index (χ2v) is 4.58. The standard InChI is InChI=1S/C8H16NO5P/c1-2-5-15(14)9-6(8(12)13)3-4-7(10)11/h6,9,14H,2-5H2,1H3,(H,10,11)(H,12,13). The van der Waals surface area contributed by atoms with Crippen molar-refractivity contribution in [3.05, 3.63) is 0 Å². The van der Waals surface area contributed by atoms with E-state index in [1.807, 2.05) is 6.92 Å². The number of hydrogen-bond donors (Lipinski definition) is 4. The van der Waals surface area contributed by atoms with Crippen LogP contribution in [0.4, 0.5) is 0 Å². The first-order valence-corrected chi connectivity index (χ1v) is 6.12. The molecule has 7 heteroatoms. The molecule has 2 unspecified atom stereocenters. The summed E-state index contributed by atoms with van der Waals surface area (Å²) in [5.74, 6) is -2.17. The van der Waals surface area contributed by atoms with Crippen LogP contribution < -0.4 is 5.09 Å². The molecule has 0 heterocycles. The fourth-order valence-corrected chi connectivity index (χ4v) is 2.12. The van der Waals surface area contributed by atoms with E-state index >= 15 is 0 Å². The van der Waals surface area contributed by atoms with Crippen molar-refractivity contribution in [3.8, 4) is 0 Å². The van der Waals surface area contributed by atoms with Crippen molar-refractivity contribution in [2.45, 2.75) is 32.2 Å². The smallest absolute Gasteiger partial charge is 0.321 e. The number of carboxylic acid groups (broad SMARTS) is 2. The number of hydrogen-bond acceptors (Lipinski definition) is 4. The molecule has 0 aliphatic rings. The summed E-state index contributed by atoms with van der Waals surface area (Å²) in [6.45, 7) is 1.88. The molecule has 0 saturated heterocycles. The first-order chi connectivity index (χ1) is 6.97. The Kier molecular flexibility index (Phi) is 7.21. The Morgan fingerprint density at radius 1 is 1.40 bits per heavy atom. The van der Waals surface area contributed by atoms with Gasteiger partial charge in [-0.15, -0.1) is 0 Å². The van der Waals surface area contributed by atoms with Gasteiger partial charge in [0.05, 0.1) is 8.30 Å². The van der Waals surface area contributed by atoms with Crippen LogP contribution in [0.3, 0.4) is 0 Å². The highest BCUT2D eigenvalue weighted by molar-refractivity contribution is 7.49. The number of carbonyl (C=O) groups is 2. The molecule has 0 aromatic rings. The van der Waals surface area contributed by atoms with Crippen molar-refractivity contribution in [1.29, 1.82) is 0 Å². The molecule has 0 amide bonds. The lowest BCUT2D eigenvalue weighted by Gasteiger charge is -2.17. The average Bonchev–Trinajstić information content (AvgIpc) is 2.11. The van der Waals surface area contributed by atoms with Gasteiger partial charge >= 0.3 is 11.9 Å². The van der Waals surface area contributed by atoms with E-state index in [0.29, 0.717) is 6.16 Å². The molecular formula is C8H16NO5P. The minimum atomic E-state index is -1.51. The third-order valence-corrected chi connectivity index (χ3v) is 3.17.